The first-order chi connectivity index (χ1) is 37.7. The molecule has 378 valence electrons. The fourth-order valence-corrected chi connectivity index (χ4v) is 30.4. The smallest absolute Gasteiger partial charge is 0.0620 e. The second kappa shape index (κ2) is 26.3. The largest absolute Gasteiger partial charge is 0.112 e. The summed E-state index contributed by atoms with van der Waals surface area (Å²) in [4.78, 5) is 0. The lowest BCUT2D eigenvalue weighted by atomic mass is 10.3. The van der Waals surface area contributed by atoms with E-state index in [9.17, 15) is 0 Å². The lowest BCUT2D eigenvalue weighted by Crippen LogP contribution is -2.34. The average Bonchev–Trinajstić information content (AvgIpc) is 3.54. The van der Waals surface area contributed by atoms with Crippen LogP contribution in [0.2, 0.25) is 0 Å². The molecule has 0 unspecified atom stereocenters. The van der Waals surface area contributed by atoms with Gasteiger partial charge in [-0.05, 0) is 160 Å². The van der Waals surface area contributed by atoms with E-state index >= 15 is 0 Å². The van der Waals surface area contributed by atoms with Crippen molar-refractivity contribution in [2.75, 3.05) is 37.0 Å². The molecule has 0 saturated carbocycles. The van der Waals surface area contributed by atoms with Crippen LogP contribution in [0.25, 0.3) is 0 Å². The van der Waals surface area contributed by atoms with Crippen LogP contribution >= 0.6 is 29.0 Å². The highest BCUT2D eigenvalue weighted by molar-refractivity contribution is 7.96. The molecule has 76 heavy (non-hydrogen) atoms. The molecule has 10 aromatic rings. The molecule has 0 aliphatic heterocycles. The van der Waals surface area contributed by atoms with Crippen molar-refractivity contribution in [3.05, 3.63) is 303 Å². The van der Waals surface area contributed by atoms with Crippen LogP contribution in [0.5, 0.6) is 0 Å². The molecular weight excluding hydrogens is 989 g/mol. The highest BCUT2D eigenvalue weighted by Crippen LogP contribution is 2.62. The van der Waals surface area contributed by atoms with Crippen LogP contribution in [-0.2, 0) is 0 Å². The van der Waals surface area contributed by atoms with Crippen LogP contribution in [0.1, 0.15) is 38.5 Å². The second-order valence-corrected chi connectivity index (χ2v) is 35.3. The van der Waals surface area contributed by atoms with Crippen LogP contribution in [0.3, 0.4) is 0 Å². The Labute approximate surface area is 458 Å². The van der Waals surface area contributed by atoms with Crippen molar-refractivity contribution in [1.82, 2.24) is 0 Å². The van der Waals surface area contributed by atoms with Crippen molar-refractivity contribution in [1.29, 1.82) is 0 Å². The van der Waals surface area contributed by atoms with Gasteiger partial charge in [0, 0.05) is 0 Å². The summed E-state index contributed by atoms with van der Waals surface area (Å²) in [5.41, 5.74) is 0. The first-order valence-electron chi connectivity index (χ1n) is 27.7. The predicted octanol–water partition coefficient (Wildman–Crippen LogP) is 14.7. The van der Waals surface area contributed by atoms with Gasteiger partial charge in [-0.1, -0.05) is 182 Å². The molecule has 0 radical (unpaired) electrons. The third-order valence-corrected chi connectivity index (χ3v) is 34.6. The molecule has 0 heterocycles. The molecule has 10 rings (SSSR count). The van der Waals surface area contributed by atoms with Crippen molar-refractivity contribution in [3.63, 3.8) is 0 Å². The van der Waals surface area contributed by atoms with E-state index in [0.29, 0.717) is 0 Å². The Bertz CT molecular complexity index is 2720. The summed E-state index contributed by atoms with van der Waals surface area (Å²) in [6.07, 6.45) is 14.3. The molecule has 4 heteroatoms. The highest BCUT2D eigenvalue weighted by atomic mass is 31.2. The average molecular weight is 1060 g/mol. The summed E-state index contributed by atoms with van der Waals surface area (Å²) < 4.78 is 0. The van der Waals surface area contributed by atoms with Gasteiger partial charge in [-0.2, -0.15) is 0 Å². The Morgan fingerprint density at radius 3 is 0.434 bits per heavy atom. The van der Waals surface area contributed by atoms with Gasteiger partial charge in [0.2, 0.25) is 0 Å². The second-order valence-electron chi connectivity index (χ2n) is 20.4. The number of rotatable bonds is 25. The van der Waals surface area contributed by atoms with Crippen LogP contribution in [0, 0.1) is 0 Å². The van der Waals surface area contributed by atoms with Crippen LogP contribution in [0.15, 0.2) is 303 Å². The molecule has 0 spiro atoms. The molecule has 0 aliphatic rings. The van der Waals surface area contributed by atoms with Gasteiger partial charge in [-0.3, -0.25) is 0 Å². The van der Waals surface area contributed by atoms with Gasteiger partial charge in [-0.25, -0.2) is 0 Å². The van der Waals surface area contributed by atoms with E-state index < -0.39 is 29.0 Å². The first kappa shape index (κ1) is 53.3. The normalized spacial score (nSPS) is 12.1. The van der Waals surface area contributed by atoms with E-state index in [1.165, 1.54) is 95.0 Å². The van der Waals surface area contributed by atoms with Gasteiger partial charge in [-0.15, -0.1) is 0 Å². The first-order valence-corrected chi connectivity index (χ1v) is 36.0. The van der Waals surface area contributed by atoms with Crippen molar-refractivity contribution in [2.24, 2.45) is 0 Å². The molecule has 0 N–H and O–H groups in total. The van der Waals surface area contributed by atoms with Crippen LogP contribution in [0.4, 0.5) is 0 Å². The lowest BCUT2D eigenvalue weighted by molar-refractivity contribution is 0.862. The summed E-state index contributed by atoms with van der Waals surface area (Å²) in [5.74, 6) is 0. The van der Waals surface area contributed by atoms with Gasteiger partial charge in [0.05, 0.1) is 72.7 Å². The van der Waals surface area contributed by atoms with E-state index in [1.54, 1.807) is 21.2 Å². The van der Waals surface area contributed by atoms with Gasteiger partial charge in [0.1, 0.15) is 46.4 Å². The monoisotopic (exact) mass is 1060 g/mol. The maximum Gasteiger partial charge on any atom is 0.112 e. The molecule has 0 fully saturated rings. The summed E-state index contributed by atoms with van der Waals surface area (Å²) in [7, 11) is -7.53. The fraction of sp³-hybridized carbons (Fsp3) is 0.167. The minimum absolute atomic E-state index is 1.15. The molecule has 0 aromatic heterocycles. The van der Waals surface area contributed by atoms with E-state index in [4.69, 9.17) is 0 Å². The van der Waals surface area contributed by atoms with E-state index in [2.05, 4.69) is 303 Å². The quantitative estimate of drug-likeness (QED) is 0.0395. The molecule has 0 atom stereocenters. The zero-order valence-electron chi connectivity index (χ0n) is 44.1. The zero-order chi connectivity index (χ0) is 51.6. The summed E-state index contributed by atoms with van der Waals surface area (Å²) in [6.45, 7) is 0. The molecule has 0 nitrogen and oxygen atoms in total. The Balaban J connectivity index is 0.948. The number of hydrogen-bond donors (Lipinski definition) is 0. The number of benzene rings is 10. The lowest BCUT2D eigenvalue weighted by Gasteiger charge is -2.31. The highest BCUT2D eigenvalue weighted by Gasteiger charge is 2.49. The molecule has 0 bridgehead atoms. The Morgan fingerprint density at radius 1 is 0.145 bits per heavy atom. The van der Waals surface area contributed by atoms with E-state index in [0.717, 1.165) is 12.3 Å². The van der Waals surface area contributed by atoms with E-state index in [1.807, 2.05) is 0 Å². The number of unbranched alkanes of at least 4 members (excludes halogenated alkanes) is 3. The van der Waals surface area contributed by atoms with Gasteiger partial charge in [0.25, 0.3) is 0 Å². The third kappa shape index (κ3) is 11.7. The molecule has 0 amide bonds. The molecule has 0 saturated heterocycles. The van der Waals surface area contributed by atoms with Crippen molar-refractivity contribution in [2.45, 2.75) is 38.5 Å². The SMILES string of the molecule is c1ccc([P+](CCCC[P+](CCCC[P+](c2ccccc2)(c2ccccc2)c2ccccc2)(c2ccccc2)c2ccccc2)(CCCC[P+](c2ccccc2)(c2ccccc2)c2ccccc2)c2ccccc2)cc1. The fourth-order valence-electron chi connectivity index (χ4n) is 12.4. The van der Waals surface area contributed by atoms with Gasteiger partial charge in [0.15, 0.2) is 0 Å². The zero-order valence-corrected chi connectivity index (χ0v) is 47.7. The van der Waals surface area contributed by atoms with Crippen molar-refractivity contribution >= 4 is 82.1 Å². The number of hydrogen-bond acceptors (Lipinski definition) is 0. The molecule has 0 aliphatic carbocycles. The minimum atomic E-state index is -1.93. The maximum atomic E-state index is 2.48. The predicted molar refractivity (Wildman–Crippen MR) is 345 cm³/mol. The minimum Gasteiger partial charge on any atom is -0.0620 e. The summed E-state index contributed by atoms with van der Waals surface area (Å²) >= 11 is 0. The van der Waals surface area contributed by atoms with E-state index in [-0.39, 0.29) is 0 Å². The summed E-state index contributed by atoms with van der Waals surface area (Å²) in [5, 5.41) is 15.1. The standard InChI is InChI=1S/C72H74P4/c1-11-37-63(38-12-1)73(64-39-13-2-14-40-64,59-33-35-61-75(67-45-19-5-20-46-67,68-47-21-6-22-48-68)69-49-23-7-24-50-69)57-31-32-58-74(65-41-15-3-16-42-65,66-43-17-4-18-44-66)60-34-36-62-76(70-51-25-8-26-52-70,71-53-27-9-28-54-71)72-55-29-10-30-56-72/h1-30,37-56H,31-36,57-62H2/q+4. The Kier molecular flexibility index (Phi) is 18.5. The Morgan fingerprint density at radius 2 is 0.276 bits per heavy atom. The Hall–Kier alpha value is -6.08. The van der Waals surface area contributed by atoms with Gasteiger partial charge >= 0.3 is 0 Å². The van der Waals surface area contributed by atoms with Crippen molar-refractivity contribution < 1.29 is 0 Å². The third-order valence-electron chi connectivity index (χ3n) is 16.1. The van der Waals surface area contributed by atoms with Crippen LogP contribution < -0.4 is 53.0 Å². The molecule has 10 aromatic carbocycles. The van der Waals surface area contributed by atoms with Crippen molar-refractivity contribution in [3.8, 4) is 0 Å². The maximum absolute atomic E-state index is 2.48. The topological polar surface area (TPSA) is 0 Å². The van der Waals surface area contributed by atoms with Gasteiger partial charge < -0.3 is 0 Å². The molecular formula is C72H74P4+4. The summed E-state index contributed by atoms with van der Waals surface area (Å²) in [6, 6.07) is 116. The van der Waals surface area contributed by atoms with Crippen LogP contribution in [-0.4, -0.2) is 37.0 Å².